The molecule has 13 heteroatoms. The predicted octanol–water partition coefficient (Wildman–Crippen LogP) is 4.09. The minimum absolute atomic E-state index is 0.148. The summed E-state index contributed by atoms with van der Waals surface area (Å²) < 4.78 is 22.0. The molecule has 12 nitrogen and oxygen atoms in total. The minimum Gasteiger partial charge on any atom is -0.392 e. The molecule has 6 rings (SSSR count). The molecule has 1 fully saturated rings. The number of aromatic nitrogens is 4. The summed E-state index contributed by atoms with van der Waals surface area (Å²) in [6.45, 7) is 6.48. The Morgan fingerprint density at radius 2 is 1.94 bits per heavy atom. The minimum atomic E-state index is -0.959. The van der Waals surface area contributed by atoms with Crippen molar-refractivity contribution >= 4 is 28.2 Å². The fourth-order valence-electron chi connectivity index (χ4n) is 5.75. The highest BCUT2D eigenvalue weighted by Crippen LogP contribution is 2.32. The molecule has 1 aliphatic heterocycles. The number of halogens is 1. The molecule has 0 radical (unpaired) electrons. The SMILES string of the molecule is Cc1c(-c2cccc(-n3ccc4cc(C(C)(C)C#N)cc(F)c4c3=O)c2CO)n[nH]c(=O)c1Nc1ccc(C(=O)N2CCOCC2)cn1. The summed E-state index contributed by atoms with van der Waals surface area (Å²) in [5.41, 5.74) is 0.688. The zero-order valence-corrected chi connectivity index (χ0v) is 26.5. The van der Waals surface area contributed by atoms with Gasteiger partial charge in [-0.05, 0) is 68.1 Å². The number of amides is 1. The number of aromatic amines is 1. The number of aliphatic hydroxyl groups is 1. The molecule has 4 heterocycles. The first-order chi connectivity index (χ1) is 23.0. The van der Waals surface area contributed by atoms with Gasteiger partial charge in [0.1, 0.15) is 17.3 Å². The second kappa shape index (κ2) is 12.8. The van der Waals surface area contributed by atoms with Crippen LogP contribution in [0.3, 0.4) is 0 Å². The first kappa shape index (κ1) is 32.2. The van der Waals surface area contributed by atoms with Crippen LogP contribution in [0.25, 0.3) is 27.7 Å². The standard InChI is InChI=1S/C35H32FN7O5/c1-20-30(40-41-32(45)31(20)39-28-8-7-22(17-38-28)33(46)42-11-13-48-14-12-42)24-5-4-6-27(25(24)18-44)43-10-9-21-15-23(35(2,3)19-37)16-26(36)29(21)34(43)47/h4-10,15-17,44H,11-14,18H2,1-3H3,(H,41,45)(H,38,39,40). The summed E-state index contributed by atoms with van der Waals surface area (Å²) >= 11 is 0. The van der Waals surface area contributed by atoms with E-state index in [1.807, 2.05) is 0 Å². The fraction of sp³-hybridized carbons (Fsp3) is 0.257. The van der Waals surface area contributed by atoms with Crippen molar-refractivity contribution in [2.24, 2.45) is 0 Å². The van der Waals surface area contributed by atoms with Gasteiger partial charge in [0.15, 0.2) is 0 Å². The molecule has 3 N–H and O–H groups in total. The van der Waals surface area contributed by atoms with Crippen LogP contribution in [0.5, 0.6) is 0 Å². The molecule has 1 aliphatic rings. The zero-order chi connectivity index (χ0) is 34.2. The highest BCUT2D eigenvalue weighted by atomic mass is 19.1. The number of hydrogen-bond acceptors (Lipinski definition) is 9. The van der Waals surface area contributed by atoms with Crippen LogP contribution in [0.1, 0.15) is 40.9 Å². The number of nitriles is 1. The molecule has 2 aromatic carbocycles. The average Bonchev–Trinajstić information content (AvgIpc) is 3.10. The molecule has 5 aromatic rings. The van der Waals surface area contributed by atoms with Crippen molar-refractivity contribution in [1.82, 2.24) is 24.6 Å². The lowest BCUT2D eigenvalue weighted by atomic mass is 9.85. The molecule has 0 aliphatic carbocycles. The Hall–Kier alpha value is -5.71. The normalized spacial score (nSPS) is 13.4. The predicted molar refractivity (Wildman–Crippen MR) is 177 cm³/mol. The van der Waals surface area contributed by atoms with Crippen LogP contribution in [0.4, 0.5) is 15.9 Å². The number of hydrogen-bond donors (Lipinski definition) is 3. The van der Waals surface area contributed by atoms with Crippen LogP contribution >= 0.6 is 0 Å². The highest BCUT2D eigenvalue weighted by molar-refractivity contribution is 5.94. The highest BCUT2D eigenvalue weighted by Gasteiger charge is 2.24. The van der Waals surface area contributed by atoms with E-state index in [0.29, 0.717) is 76.7 Å². The lowest BCUT2D eigenvalue weighted by Crippen LogP contribution is -2.40. The number of anilines is 2. The maximum absolute atomic E-state index is 15.4. The van der Waals surface area contributed by atoms with Crippen molar-refractivity contribution in [3.05, 3.63) is 110 Å². The Labute approximate surface area is 274 Å². The van der Waals surface area contributed by atoms with Gasteiger partial charge < -0.3 is 20.1 Å². The van der Waals surface area contributed by atoms with Gasteiger partial charge in [0.2, 0.25) is 0 Å². The summed E-state index contributed by atoms with van der Waals surface area (Å²) in [5.74, 6) is -0.593. The average molecular weight is 650 g/mol. The van der Waals surface area contributed by atoms with E-state index in [1.165, 1.54) is 23.0 Å². The van der Waals surface area contributed by atoms with E-state index in [1.54, 1.807) is 68.1 Å². The number of fused-ring (bicyclic) bond motifs is 1. The molecule has 1 saturated heterocycles. The number of benzene rings is 2. The first-order valence-electron chi connectivity index (χ1n) is 15.2. The molecule has 0 unspecified atom stereocenters. The number of pyridine rings is 2. The molecular weight excluding hydrogens is 617 g/mol. The van der Waals surface area contributed by atoms with Crippen LogP contribution in [0.2, 0.25) is 0 Å². The first-order valence-corrected chi connectivity index (χ1v) is 15.2. The summed E-state index contributed by atoms with van der Waals surface area (Å²) in [7, 11) is 0. The van der Waals surface area contributed by atoms with Crippen molar-refractivity contribution in [2.45, 2.75) is 32.8 Å². The molecule has 0 bridgehead atoms. The summed E-state index contributed by atoms with van der Waals surface area (Å²) in [6, 6.07) is 14.8. The van der Waals surface area contributed by atoms with Crippen LogP contribution in [0, 0.1) is 24.1 Å². The van der Waals surface area contributed by atoms with E-state index >= 15 is 4.39 Å². The number of ether oxygens (including phenoxy) is 1. The lowest BCUT2D eigenvalue weighted by Gasteiger charge is -2.26. The third-order valence-corrected chi connectivity index (χ3v) is 8.57. The van der Waals surface area contributed by atoms with Gasteiger partial charge in [0, 0.05) is 42.2 Å². The number of H-pyrrole nitrogens is 1. The molecule has 1 amide bonds. The van der Waals surface area contributed by atoms with E-state index in [2.05, 4.69) is 26.6 Å². The van der Waals surface area contributed by atoms with E-state index in [9.17, 15) is 24.8 Å². The largest absolute Gasteiger partial charge is 0.392 e. The maximum atomic E-state index is 15.4. The van der Waals surface area contributed by atoms with Crippen molar-refractivity contribution in [3.8, 4) is 23.0 Å². The van der Waals surface area contributed by atoms with Crippen molar-refractivity contribution in [2.75, 3.05) is 31.6 Å². The third-order valence-electron chi connectivity index (χ3n) is 8.57. The zero-order valence-electron chi connectivity index (χ0n) is 26.5. The molecule has 0 saturated carbocycles. The smallest absolute Gasteiger partial charge is 0.288 e. The van der Waals surface area contributed by atoms with Gasteiger partial charge in [0.05, 0.1) is 53.6 Å². The van der Waals surface area contributed by atoms with E-state index in [0.717, 1.165) is 0 Å². The van der Waals surface area contributed by atoms with Crippen molar-refractivity contribution < 1.29 is 19.0 Å². The van der Waals surface area contributed by atoms with Crippen LogP contribution in [0.15, 0.2) is 70.5 Å². The monoisotopic (exact) mass is 649 g/mol. The Morgan fingerprint density at radius 1 is 1.17 bits per heavy atom. The Kier molecular flexibility index (Phi) is 8.61. The van der Waals surface area contributed by atoms with Crippen LogP contribution < -0.4 is 16.4 Å². The molecule has 244 valence electrons. The quantitative estimate of drug-likeness (QED) is 0.235. The van der Waals surface area contributed by atoms with Crippen LogP contribution in [-0.2, 0) is 16.8 Å². The Bertz CT molecular complexity index is 2220. The molecule has 0 atom stereocenters. The topological polar surface area (TPSA) is 166 Å². The van der Waals surface area contributed by atoms with Gasteiger partial charge in [-0.25, -0.2) is 14.5 Å². The number of nitrogens with zero attached hydrogens (tertiary/aromatic N) is 5. The van der Waals surface area contributed by atoms with Gasteiger partial charge in [0.25, 0.3) is 17.0 Å². The van der Waals surface area contributed by atoms with Gasteiger partial charge in [-0.2, -0.15) is 10.4 Å². The number of morpholine rings is 1. The Morgan fingerprint density at radius 3 is 2.62 bits per heavy atom. The van der Waals surface area contributed by atoms with E-state index < -0.39 is 29.0 Å². The molecule has 0 spiro atoms. The van der Waals surface area contributed by atoms with E-state index in [4.69, 9.17) is 4.74 Å². The second-order valence-electron chi connectivity index (χ2n) is 12.0. The number of rotatable bonds is 7. The van der Waals surface area contributed by atoms with Gasteiger partial charge in [-0.1, -0.05) is 12.1 Å². The van der Waals surface area contributed by atoms with E-state index in [-0.39, 0.29) is 17.0 Å². The fourth-order valence-corrected chi connectivity index (χ4v) is 5.75. The second-order valence-corrected chi connectivity index (χ2v) is 12.0. The molecule has 48 heavy (non-hydrogen) atoms. The van der Waals surface area contributed by atoms with Crippen molar-refractivity contribution in [3.63, 3.8) is 0 Å². The number of carbonyl (C=O) groups is 1. The van der Waals surface area contributed by atoms with Gasteiger partial charge in [-0.15, -0.1) is 0 Å². The van der Waals surface area contributed by atoms with Gasteiger partial charge in [-0.3, -0.25) is 19.0 Å². The van der Waals surface area contributed by atoms with Gasteiger partial charge >= 0.3 is 0 Å². The number of aliphatic hydroxyl groups excluding tert-OH is 1. The number of nitrogens with one attached hydrogen (secondary N) is 2. The summed E-state index contributed by atoms with van der Waals surface area (Å²) in [6.07, 6.45) is 2.93. The number of carbonyl (C=O) groups excluding carboxylic acids is 1. The maximum Gasteiger partial charge on any atom is 0.288 e. The molecular formula is C35H32FN7O5. The summed E-state index contributed by atoms with van der Waals surface area (Å²) in [5, 5.41) is 30.0. The molecule has 3 aromatic heterocycles. The lowest BCUT2D eigenvalue weighted by molar-refractivity contribution is 0.0302. The van der Waals surface area contributed by atoms with Crippen LogP contribution in [-0.4, -0.2) is 62.0 Å². The third kappa shape index (κ3) is 5.83. The van der Waals surface area contributed by atoms with Crippen molar-refractivity contribution in [1.29, 1.82) is 5.26 Å². The Balaban J connectivity index is 1.36. The summed E-state index contributed by atoms with van der Waals surface area (Å²) in [4.78, 5) is 45.5.